The minimum absolute atomic E-state index is 0.0603. The highest BCUT2D eigenvalue weighted by Crippen LogP contribution is 2.40. The number of hydrogen-bond acceptors (Lipinski definition) is 4. The van der Waals surface area contributed by atoms with Gasteiger partial charge in [-0.2, -0.15) is 0 Å². The molecule has 0 bridgehead atoms. The van der Waals surface area contributed by atoms with E-state index in [1.807, 2.05) is 30.3 Å². The van der Waals surface area contributed by atoms with Gasteiger partial charge in [-0.1, -0.05) is 88.8 Å². The zero-order chi connectivity index (χ0) is 20.5. The molecular weight excluding hydrogens is 368 g/mol. The fourth-order valence-corrected chi connectivity index (χ4v) is 4.21. The smallest absolute Gasteiger partial charge is 0.354 e. The predicted octanol–water partition coefficient (Wildman–Crippen LogP) is 6.58. The van der Waals surface area contributed by atoms with Crippen LogP contribution < -0.4 is 5.63 Å². The number of rotatable bonds is 4. The third-order valence-electron chi connectivity index (χ3n) is 4.64. The molecule has 0 aliphatic heterocycles. The maximum Gasteiger partial charge on any atom is 0.354 e. The SMILES string of the molecule is CC(C)c1ccc(C(C)(C)C)c(Sc2c(O)cc(-c3ccccc3)oc2=O)c1. The van der Waals surface area contributed by atoms with Crippen LogP contribution in [0.2, 0.25) is 0 Å². The molecule has 1 heterocycles. The molecule has 0 saturated carbocycles. The average Bonchev–Trinajstić information content (AvgIpc) is 2.64. The summed E-state index contributed by atoms with van der Waals surface area (Å²) in [5.41, 5.74) is 2.47. The maximum absolute atomic E-state index is 12.7. The molecule has 2 aromatic carbocycles. The van der Waals surface area contributed by atoms with Crippen molar-refractivity contribution in [3.63, 3.8) is 0 Å². The molecule has 0 spiro atoms. The van der Waals surface area contributed by atoms with E-state index in [2.05, 4.69) is 52.8 Å². The van der Waals surface area contributed by atoms with Gasteiger partial charge in [0, 0.05) is 16.5 Å². The van der Waals surface area contributed by atoms with Crippen molar-refractivity contribution in [2.24, 2.45) is 0 Å². The van der Waals surface area contributed by atoms with Crippen LogP contribution >= 0.6 is 11.8 Å². The largest absolute Gasteiger partial charge is 0.506 e. The first-order valence-corrected chi connectivity index (χ1v) is 10.2. The van der Waals surface area contributed by atoms with Gasteiger partial charge in [0.15, 0.2) is 0 Å². The molecule has 146 valence electrons. The van der Waals surface area contributed by atoms with E-state index in [4.69, 9.17) is 4.42 Å². The van der Waals surface area contributed by atoms with Gasteiger partial charge in [-0.05, 0) is 28.5 Å². The zero-order valence-corrected chi connectivity index (χ0v) is 17.8. The van der Waals surface area contributed by atoms with Gasteiger partial charge in [0.25, 0.3) is 0 Å². The molecule has 0 aliphatic rings. The predicted molar refractivity (Wildman–Crippen MR) is 115 cm³/mol. The van der Waals surface area contributed by atoms with Gasteiger partial charge in [-0.25, -0.2) is 4.79 Å². The third kappa shape index (κ3) is 4.33. The molecule has 3 rings (SSSR count). The monoisotopic (exact) mass is 394 g/mol. The van der Waals surface area contributed by atoms with Crippen molar-refractivity contribution in [3.05, 3.63) is 76.1 Å². The number of benzene rings is 2. The average molecular weight is 395 g/mol. The molecule has 1 aromatic heterocycles. The van der Waals surface area contributed by atoms with Crippen LogP contribution in [0.1, 0.15) is 51.7 Å². The van der Waals surface area contributed by atoms with E-state index in [9.17, 15) is 9.90 Å². The Bertz CT molecular complexity index is 1030. The van der Waals surface area contributed by atoms with E-state index in [1.165, 1.54) is 23.4 Å². The molecule has 0 fully saturated rings. The molecule has 0 radical (unpaired) electrons. The molecule has 0 aliphatic carbocycles. The van der Waals surface area contributed by atoms with Gasteiger partial charge < -0.3 is 9.52 Å². The third-order valence-corrected chi connectivity index (χ3v) is 5.78. The van der Waals surface area contributed by atoms with Gasteiger partial charge in [-0.15, -0.1) is 0 Å². The topological polar surface area (TPSA) is 50.4 Å². The van der Waals surface area contributed by atoms with Gasteiger partial charge in [0.2, 0.25) is 0 Å². The molecular formula is C24H26O3S. The van der Waals surface area contributed by atoms with Gasteiger partial charge in [0.05, 0.1) is 0 Å². The van der Waals surface area contributed by atoms with Crippen LogP contribution in [-0.2, 0) is 5.41 Å². The summed E-state index contributed by atoms with van der Waals surface area (Å²) in [7, 11) is 0. The molecule has 0 unspecified atom stereocenters. The first-order chi connectivity index (χ1) is 13.2. The highest BCUT2D eigenvalue weighted by atomic mass is 32.2. The summed E-state index contributed by atoms with van der Waals surface area (Å²) in [4.78, 5) is 13.9. The van der Waals surface area contributed by atoms with Crippen molar-refractivity contribution < 1.29 is 9.52 Å². The van der Waals surface area contributed by atoms with Crippen LogP contribution in [0.25, 0.3) is 11.3 Å². The van der Waals surface area contributed by atoms with Crippen molar-refractivity contribution in [1.29, 1.82) is 0 Å². The lowest BCUT2D eigenvalue weighted by Crippen LogP contribution is -2.13. The van der Waals surface area contributed by atoms with Crippen LogP contribution in [0.3, 0.4) is 0 Å². The Balaban J connectivity index is 2.07. The molecule has 3 nitrogen and oxygen atoms in total. The summed E-state index contributed by atoms with van der Waals surface area (Å²) in [5.74, 6) is 0.674. The summed E-state index contributed by atoms with van der Waals surface area (Å²) < 4.78 is 5.51. The fourth-order valence-electron chi connectivity index (χ4n) is 3.02. The number of hydrogen-bond donors (Lipinski definition) is 1. The van der Waals surface area contributed by atoms with E-state index in [1.54, 1.807) is 0 Å². The molecule has 0 amide bonds. The molecule has 0 atom stereocenters. The maximum atomic E-state index is 12.7. The first kappa shape index (κ1) is 20.3. The Labute approximate surface area is 170 Å². The van der Waals surface area contributed by atoms with Gasteiger partial charge >= 0.3 is 5.63 Å². The van der Waals surface area contributed by atoms with E-state index in [-0.39, 0.29) is 16.1 Å². The Morgan fingerprint density at radius 3 is 2.25 bits per heavy atom. The van der Waals surface area contributed by atoms with Crippen LogP contribution in [0.15, 0.2) is 73.6 Å². The molecule has 0 saturated heterocycles. The van der Waals surface area contributed by atoms with E-state index in [0.717, 1.165) is 16.0 Å². The molecule has 1 N–H and O–H groups in total. The lowest BCUT2D eigenvalue weighted by Gasteiger charge is -2.24. The second kappa shape index (κ2) is 7.88. The zero-order valence-electron chi connectivity index (χ0n) is 16.9. The van der Waals surface area contributed by atoms with E-state index in [0.29, 0.717) is 11.7 Å². The van der Waals surface area contributed by atoms with Gasteiger partial charge in [-0.3, -0.25) is 0 Å². The minimum atomic E-state index is -0.529. The van der Waals surface area contributed by atoms with Crippen molar-refractivity contribution in [2.75, 3.05) is 0 Å². The highest BCUT2D eigenvalue weighted by Gasteiger charge is 2.22. The van der Waals surface area contributed by atoms with Crippen LogP contribution in [0.5, 0.6) is 5.75 Å². The Hall–Kier alpha value is -2.46. The summed E-state index contributed by atoms with van der Waals surface area (Å²) in [6.45, 7) is 10.7. The van der Waals surface area contributed by atoms with Crippen molar-refractivity contribution in [1.82, 2.24) is 0 Å². The second-order valence-corrected chi connectivity index (χ2v) is 9.29. The van der Waals surface area contributed by atoms with Gasteiger partial charge in [0.1, 0.15) is 16.4 Å². The standard InChI is InChI=1S/C24H26O3S/c1-15(2)17-11-12-18(24(3,4)5)21(13-17)28-22-19(25)14-20(27-23(22)26)16-9-7-6-8-10-16/h6-15,25H,1-5H3. The Morgan fingerprint density at radius 2 is 1.68 bits per heavy atom. The van der Waals surface area contributed by atoms with Crippen LogP contribution in [0.4, 0.5) is 0 Å². The summed E-state index contributed by atoms with van der Waals surface area (Å²) >= 11 is 1.27. The number of aromatic hydroxyl groups is 1. The Morgan fingerprint density at radius 1 is 1.00 bits per heavy atom. The molecule has 3 aromatic rings. The summed E-state index contributed by atoms with van der Waals surface area (Å²) in [5, 5.41) is 10.6. The van der Waals surface area contributed by atoms with Crippen molar-refractivity contribution in [3.8, 4) is 17.1 Å². The van der Waals surface area contributed by atoms with E-state index < -0.39 is 5.63 Å². The first-order valence-electron chi connectivity index (χ1n) is 9.41. The highest BCUT2D eigenvalue weighted by molar-refractivity contribution is 7.99. The summed E-state index contributed by atoms with van der Waals surface area (Å²) in [6, 6.07) is 17.2. The second-order valence-electron chi connectivity index (χ2n) is 8.24. The van der Waals surface area contributed by atoms with Crippen molar-refractivity contribution >= 4 is 11.8 Å². The Kier molecular flexibility index (Phi) is 5.71. The minimum Gasteiger partial charge on any atom is -0.506 e. The molecule has 28 heavy (non-hydrogen) atoms. The van der Waals surface area contributed by atoms with Crippen LogP contribution in [-0.4, -0.2) is 5.11 Å². The molecule has 4 heteroatoms. The van der Waals surface area contributed by atoms with Crippen LogP contribution in [0, 0.1) is 0 Å². The van der Waals surface area contributed by atoms with Crippen molar-refractivity contribution in [2.45, 2.75) is 55.7 Å². The normalized spacial score (nSPS) is 11.8. The summed E-state index contributed by atoms with van der Waals surface area (Å²) in [6.07, 6.45) is 0. The lowest BCUT2D eigenvalue weighted by atomic mass is 9.85. The lowest BCUT2D eigenvalue weighted by molar-refractivity contribution is 0.430. The fraction of sp³-hybridized carbons (Fsp3) is 0.292. The van der Waals surface area contributed by atoms with E-state index >= 15 is 0 Å². The quantitative estimate of drug-likeness (QED) is 0.543.